The number of nitro benzene ring substituents is 1. The van der Waals surface area contributed by atoms with Crippen LogP contribution in [-0.4, -0.2) is 36.1 Å². The summed E-state index contributed by atoms with van der Waals surface area (Å²) >= 11 is 6.15. The molecule has 0 spiro atoms. The summed E-state index contributed by atoms with van der Waals surface area (Å²) in [5.41, 5.74) is 0.741. The fourth-order valence-electron chi connectivity index (χ4n) is 3.36. The summed E-state index contributed by atoms with van der Waals surface area (Å²) in [5, 5.41) is 14.9. The highest BCUT2D eigenvalue weighted by Crippen LogP contribution is 2.33. The molecule has 0 bridgehead atoms. The molecular formula is C21H24ClN3O4. The van der Waals surface area contributed by atoms with Gasteiger partial charge in [-0.25, -0.2) is 0 Å². The van der Waals surface area contributed by atoms with Gasteiger partial charge < -0.3 is 15.0 Å². The molecule has 2 aromatic carbocycles. The number of para-hydroxylation sites is 1. The van der Waals surface area contributed by atoms with E-state index in [-0.39, 0.29) is 29.3 Å². The monoisotopic (exact) mass is 417 g/mol. The Hall–Kier alpha value is -2.80. The lowest BCUT2D eigenvalue weighted by atomic mass is 10.0. The molecule has 7 nitrogen and oxygen atoms in total. The van der Waals surface area contributed by atoms with Crippen molar-refractivity contribution in [1.82, 2.24) is 5.32 Å². The van der Waals surface area contributed by atoms with Crippen LogP contribution in [0.25, 0.3) is 0 Å². The molecule has 2 aromatic rings. The highest BCUT2D eigenvalue weighted by atomic mass is 35.5. The van der Waals surface area contributed by atoms with E-state index in [1.165, 1.54) is 6.07 Å². The number of rotatable bonds is 6. The van der Waals surface area contributed by atoms with Gasteiger partial charge in [0.2, 0.25) is 0 Å². The average molecular weight is 418 g/mol. The maximum atomic E-state index is 12.2. The van der Waals surface area contributed by atoms with Crippen LogP contribution in [0.2, 0.25) is 5.02 Å². The summed E-state index contributed by atoms with van der Waals surface area (Å²) in [6.07, 6.45) is 1.44. The van der Waals surface area contributed by atoms with Gasteiger partial charge in [0.15, 0.2) is 0 Å². The molecule has 1 aliphatic rings. The molecule has 0 aliphatic carbocycles. The number of nitrogens with zero attached hydrogens (tertiary/aromatic N) is 2. The van der Waals surface area contributed by atoms with Gasteiger partial charge in [0.05, 0.1) is 9.95 Å². The first-order valence-electron chi connectivity index (χ1n) is 9.60. The van der Waals surface area contributed by atoms with Gasteiger partial charge in [0, 0.05) is 43.6 Å². The van der Waals surface area contributed by atoms with E-state index in [4.69, 9.17) is 16.3 Å². The van der Waals surface area contributed by atoms with Gasteiger partial charge in [-0.3, -0.25) is 14.9 Å². The average Bonchev–Trinajstić information content (AvgIpc) is 2.69. The van der Waals surface area contributed by atoms with Gasteiger partial charge in [-0.2, -0.15) is 0 Å². The summed E-state index contributed by atoms with van der Waals surface area (Å²) in [6.45, 7) is 4.92. The Morgan fingerprint density at radius 3 is 2.55 bits per heavy atom. The van der Waals surface area contributed by atoms with E-state index in [0.29, 0.717) is 29.5 Å². The molecule has 154 valence electrons. The van der Waals surface area contributed by atoms with E-state index in [9.17, 15) is 14.9 Å². The van der Waals surface area contributed by atoms with Crippen molar-refractivity contribution in [2.45, 2.75) is 38.8 Å². The number of hydrogen-bond acceptors (Lipinski definition) is 5. The van der Waals surface area contributed by atoms with E-state index in [2.05, 4.69) is 5.32 Å². The first kappa shape index (κ1) is 20.9. The van der Waals surface area contributed by atoms with Crippen molar-refractivity contribution in [1.29, 1.82) is 0 Å². The van der Waals surface area contributed by atoms with Crippen molar-refractivity contribution >= 4 is 28.9 Å². The van der Waals surface area contributed by atoms with Gasteiger partial charge in [-0.15, -0.1) is 0 Å². The van der Waals surface area contributed by atoms with E-state index in [1.807, 2.05) is 36.9 Å². The fourth-order valence-corrected chi connectivity index (χ4v) is 3.54. The standard InChI is InChI=1S/C21H24ClN3O4/c1-14(2)23-21(26)15-7-8-18(19(13-15)25(27)28)24-11-9-16(10-12-24)29-20-6-4-3-5-17(20)22/h3-8,13-14,16H,9-12H2,1-2H3,(H,23,26). The predicted molar refractivity (Wildman–Crippen MR) is 113 cm³/mol. The van der Waals surface area contributed by atoms with Crippen LogP contribution in [0.15, 0.2) is 42.5 Å². The molecule has 0 aromatic heterocycles. The molecule has 29 heavy (non-hydrogen) atoms. The number of carbonyl (C=O) groups excluding carboxylic acids is 1. The first-order chi connectivity index (χ1) is 13.8. The number of ether oxygens (including phenoxy) is 1. The minimum Gasteiger partial charge on any atom is -0.489 e. The molecule has 0 unspecified atom stereocenters. The topological polar surface area (TPSA) is 84.7 Å². The molecule has 0 saturated carbocycles. The fraction of sp³-hybridized carbons (Fsp3) is 0.381. The van der Waals surface area contributed by atoms with Crippen molar-refractivity contribution in [2.24, 2.45) is 0 Å². The Labute approximate surface area is 174 Å². The highest BCUT2D eigenvalue weighted by Gasteiger charge is 2.27. The third kappa shape index (κ3) is 5.17. The number of hydrogen-bond donors (Lipinski definition) is 1. The summed E-state index contributed by atoms with van der Waals surface area (Å²) in [7, 11) is 0. The highest BCUT2D eigenvalue weighted by molar-refractivity contribution is 6.32. The van der Waals surface area contributed by atoms with Gasteiger partial charge in [0.25, 0.3) is 11.6 Å². The van der Waals surface area contributed by atoms with Crippen LogP contribution in [0.1, 0.15) is 37.0 Å². The van der Waals surface area contributed by atoms with Gasteiger partial charge in [-0.1, -0.05) is 23.7 Å². The van der Waals surface area contributed by atoms with E-state index >= 15 is 0 Å². The Morgan fingerprint density at radius 1 is 1.24 bits per heavy atom. The second kappa shape index (κ2) is 9.13. The summed E-state index contributed by atoms with van der Waals surface area (Å²) in [4.78, 5) is 25.3. The summed E-state index contributed by atoms with van der Waals surface area (Å²) in [5.74, 6) is 0.334. The molecule has 3 rings (SSSR count). The third-order valence-corrected chi connectivity index (χ3v) is 5.08. The maximum Gasteiger partial charge on any atom is 0.293 e. The number of benzene rings is 2. The maximum absolute atomic E-state index is 12.2. The second-order valence-electron chi connectivity index (χ2n) is 7.32. The van der Waals surface area contributed by atoms with Crippen LogP contribution in [0.3, 0.4) is 0 Å². The minimum absolute atomic E-state index is 0.00120. The Balaban J connectivity index is 1.70. The zero-order valence-electron chi connectivity index (χ0n) is 16.4. The van der Waals surface area contributed by atoms with Crippen molar-refractivity contribution < 1.29 is 14.5 Å². The SMILES string of the molecule is CC(C)NC(=O)c1ccc(N2CCC(Oc3ccccc3Cl)CC2)c([N+](=O)[O-])c1. The number of amides is 1. The molecule has 1 saturated heterocycles. The van der Waals surface area contributed by atoms with Crippen molar-refractivity contribution in [2.75, 3.05) is 18.0 Å². The molecule has 8 heteroatoms. The Bertz CT molecular complexity index is 895. The lowest BCUT2D eigenvalue weighted by molar-refractivity contribution is -0.384. The van der Waals surface area contributed by atoms with Crippen LogP contribution < -0.4 is 15.0 Å². The summed E-state index contributed by atoms with van der Waals surface area (Å²) in [6, 6.07) is 11.9. The predicted octanol–water partition coefficient (Wildman–Crippen LogP) is 4.43. The number of piperidine rings is 1. The molecule has 1 heterocycles. The number of nitro groups is 1. The van der Waals surface area contributed by atoms with Crippen LogP contribution in [0, 0.1) is 10.1 Å². The van der Waals surface area contributed by atoms with Crippen molar-refractivity contribution in [3.63, 3.8) is 0 Å². The Kier molecular flexibility index (Phi) is 6.59. The number of anilines is 1. The lowest BCUT2D eigenvalue weighted by Gasteiger charge is -2.33. The zero-order valence-corrected chi connectivity index (χ0v) is 17.2. The van der Waals surface area contributed by atoms with Crippen molar-refractivity contribution in [3.8, 4) is 5.75 Å². The molecule has 1 N–H and O–H groups in total. The van der Waals surface area contributed by atoms with Gasteiger partial charge in [0.1, 0.15) is 17.5 Å². The van der Waals surface area contributed by atoms with E-state index < -0.39 is 4.92 Å². The van der Waals surface area contributed by atoms with Crippen LogP contribution in [0.5, 0.6) is 5.75 Å². The normalized spacial score (nSPS) is 14.7. The van der Waals surface area contributed by atoms with E-state index in [0.717, 1.165) is 12.8 Å². The molecular weight excluding hydrogens is 394 g/mol. The molecule has 0 atom stereocenters. The summed E-state index contributed by atoms with van der Waals surface area (Å²) < 4.78 is 5.99. The lowest BCUT2D eigenvalue weighted by Crippen LogP contribution is -2.38. The van der Waals surface area contributed by atoms with Crippen LogP contribution in [-0.2, 0) is 0 Å². The quantitative estimate of drug-likeness (QED) is 0.555. The molecule has 1 fully saturated rings. The molecule has 0 radical (unpaired) electrons. The zero-order chi connectivity index (χ0) is 21.0. The minimum atomic E-state index is -0.437. The molecule has 1 amide bonds. The molecule has 1 aliphatic heterocycles. The third-order valence-electron chi connectivity index (χ3n) is 4.77. The van der Waals surface area contributed by atoms with Gasteiger partial charge >= 0.3 is 0 Å². The van der Waals surface area contributed by atoms with Gasteiger partial charge in [-0.05, 0) is 38.1 Å². The second-order valence-corrected chi connectivity index (χ2v) is 7.73. The number of nitrogens with one attached hydrogen (secondary N) is 1. The first-order valence-corrected chi connectivity index (χ1v) is 9.98. The number of carbonyl (C=O) groups is 1. The smallest absolute Gasteiger partial charge is 0.293 e. The van der Waals surface area contributed by atoms with Crippen LogP contribution >= 0.6 is 11.6 Å². The largest absolute Gasteiger partial charge is 0.489 e. The van der Waals surface area contributed by atoms with E-state index in [1.54, 1.807) is 18.2 Å². The number of halogens is 1. The van der Waals surface area contributed by atoms with Crippen molar-refractivity contribution in [3.05, 3.63) is 63.2 Å². The van der Waals surface area contributed by atoms with Crippen LogP contribution in [0.4, 0.5) is 11.4 Å². The Morgan fingerprint density at radius 2 is 1.93 bits per heavy atom.